The zero-order chi connectivity index (χ0) is 14.8. The maximum Gasteiger partial charge on any atom is 0.416 e. The fourth-order valence-electron chi connectivity index (χ4n) is 1.50. The van der Waals surface area contributed by atoms with Gasteiger partial charge >= 0.3 is 6.18 Å². The van der Waals surface area contributed by atoms with E-state index >= 15 is 0 Å². The second-order valence-electron chi connectivity index (χ2n) is 3.89. The Bertz CT molecular complexity index is 644. The van der Waals surface area contributed by atoms with Gasteiger partial charge in [-0.2, -0.15) is 13.2 Å². The molecule has 3 nitrogen and oxygen atoms in total. The SMILES string of the molecule is O=C(Nc1cc(Cl)ccn1)c1cccc(C(F)(F)F)c1. The Balaban J connectivity index is 2.22. The molecule has 1 N–H and O–H groups in total. The largest absolute Gasteiger partial charge is 0.416 e. The highest BCUT2D eigenvalue weighted by Gasteiger charge is 2.30. The molecule has 0 saturated carbocycles. The summed E-state index contributed by atoms with van der Waals surface area (Å²) in [6.07, 6.45) is -3.12. The van der Waals surface area contributed by atoms with Gasteiger partial charge in [0, 0.05) is 16.8 Å². The zero-order valence-electron chi connectivity index (χ0n) is 9.91. The highest BCUT2D eigenvalue weighted by Crippen LogP contribution is 2.29. The summed E-state index contributed by atoms with van der Waals surface area (Å²) in [6.45, 7) is 0. The fourth-order valence-corrected chi connectivity index (χ4v) is 1.66. The maximum absolute atomic E-state index is 12.5. The molecule has 2 aromatic rings. The number of aromatic nitrogens is 1. The van der Waals surface area contributed by atoms with Crippen LogP contribution in [0.1, 0.15) is 15.9 Å². The Hall–Kier alpha value is -2.08. The molecule has 0 radical (unpaired) electrons. The van der Waals surface area contributed by atoms with Crippen molar-refractivity contribution in [2.24, 2.45) is 0 Å². The van der Waals surface area contributed by atoms with Gasteiger partial charge in [0.1, 0.15) is 5.82 Å². The van der Waals surface area contributed by atoms with Gasteiger partial charge in [0.2, 0.25) is 0 Å². The lowest BCUT2D eigenvalue weighted by Crippen LogP contribution is -2.14. The topological polar surface area (TPSA) is 42.0 Å². The molecule has 0 bridgehead atoms. The van der Waals surface area contributed by atoms with E-state index in [2.05, 4.69) is 10.3 Å². The normalized spacial score (nSPS) is 11.2. The van der Waals surface area contributed by atoms with Crippen molar-refractivity contribution < 1.29 is 18.0 Å². The van der Waals surface area contributed by atoms with E-state index in [0.717, 1.165) is 12.1 Å². The molecular weight excluding hydrogens is 293 g/mol. The number of rotatable bonds is 2. The van der Waals surface area contributed by atoms with Crippen molar-refractivity contribution in [2.45, 2.75) is 6.18 Å². The molecule has 0 unspecified atom stereocenters. The van der Waals surface area contributed by atoms with Crippen LogP contribution < -0.4 is 5.32 Å². The molecule has 0 aliphatic rings. The van der Waals surface area contributed by atoms with Crippen LogP contribution in [0.4, 0.5) is 19.0 Å². The van der Waals surface area contributed by atoms with Crippen LogP contribution >= 0.6 is 11.6 Å². The molecule has 1 amide bonds. The summed E-state index contributed by atoms with van der Waals surface area (Å²) >= 11 is 5.72. The molecule has 104 valence electrons. The molecule has 1 aromatic heterocycles. The molecule has 1 heterocycles. The standard InChI is InChI=1S/C13H8ClF3N2O/c14-10-4-5-18-11(7-10)19-12(20)8-2-1-3-9(6-8)13(15,16)17/h1-7H,(H,18,19,20). The van der Waals surface area contributed by atoms with Crippen LogP contribution in [0.15, 0.2) is 42.6 Å². The number of alkyl halides is 3. The van der Waals surface area contributed by atoms with E-state index in [9.17, 15) is 18.0 Å². The van der Waals surface area contributed by atoms with Crippen LogP contribution in [-0.2, 0) is 6.18 Å². The number of anilines is 1. The number of carbonyl (C=O) groups is 1. The second-order valence-corrected chi connectivity index (χ2v) is 4.33. The van der Waals surface area contributed by atoms with Gasteiger partial charge < -0.3 is 5.32 Å². The minimum atomic E-state index is -4.50. The van der Waals surface area contributed by atoms with E-state index in [-0.39, 0.29) is 11.4 Å². The van der Waals surface area contributed by atoms with E-state index in [4.69, 9.17) is 11.6 Å². The lowest BCUT2D eigenvalue weighted by molar-refractivity contribution is -0.137. The van der Waals surface area contributed by atoms with Crippen molar-refractivity contribution in [1.29, 1.82) is 0 Å². The fraction of sp³-hybridized carbons (Fsp3) is 0.0769. The van der Waals surface area contributed by atoms with Crippen molar-refractivity contribution in [3.05, 3.63) is 58.7 Å². The molecule has 1 aromatic carbocycles. The van der Waals surface area contributed by atoms with Crippen LogP contribution in [-0.4, -0.2) is 10.9 Å². The van der Waals surface area contributed by atoms with Gasteiger partial charge in [-0.25, -0.2) is 4.98 Å². The summed E-state index contributed by atoms with van der Waals surface area (Å²) in [7, 11) is 0. The smallest absolute Gasteiger partial charge is 0.307 e. The third-order valence-electron chi connectivity index (χ3n) is 2.42. The first kappa shape index (κ1) is 14.3. The minimum absolute atomic E-state index is 0.110. The van der Waals surface area contributed by atoms with Gasteiger partial charge in [-0.15, -0.1) is 0 Å². The van der Waals surface area contributed by atoms with Crippen LogP contribution in [0.3, 0.4) is 0 Å². The van der Waals surface area contributed by atoms with Crippen molar-refractivity contribution >= 4 is 23.3 Å². The molecule has 20 heavy (non-hydrogen) atoms. The van der Waals surface area contributed by atoms with Crippen LogP contribution in [0.2, 0.25) is 5.02 Å². The highest BCUT2D eigenvalue weighted by atomic mass is 35.5. The van der Waals surface area contributed by atoms with E-state index in [1.807, 2.05) is 0 Å². The summed E-state index contributed by atoms with van der Waals surface area (Å²) in [6, 6.07) is 7.04. The highest BCUT2D eigenvalue weighted by molar-refractivity contribution is 6.30. The zero-order valence-corrected chi connectivity index (χ0v) is 10.7. The number of benzene rings is 1. The Morgan fingerprint density at radius 2 is 1.95 bits per heavy atom. The van der Waals surface area contributed by atoms with Crippen molar-refractivity contribution in [3.63, 3.8) is 0 Å². The number of nitrogens with zero attached hydrogens (tertiary/aromatic N) is 1. The molecule has 0 fully saturated rings. The van der Waals surface area contributed by atoms with Crippen LogP contribution in [0, 0.1) is 0 Å². The molecule has 0 spiro atoms. The first-order valence-corrected chi connectivity index (χ1v) is 5.84. The van der Waals surface area contributed by atoms with E-state index in [0.29, 0.717) is 5.02 Å². The number of nitrogens with one attached hydrogen (secondary N) is 1. The lowest BCUT2D eigenvalue weighted by atomic mass is 10.1. The summed E-state index contributed by atoms with van der Waals surface area (Å²) in [5, 5.41) is 2.74. The predicted octanol–water partition coefficient (Wildman–Crippen LogP) is 4.01. The van der Waals surface area contributed by atoms with E-state index in [1.165, 1.54) is 30.5 Å². The summed E-state index contributed by atoms with van der Waals surface area (Å²) < 4.78 is 37.6. The van der Waals surface area contributed by atoms with Crippen molar-refractivity contribution in [3.8, 4) is 0 Å². The first-order valence-electron chi connectivity index (χ1n) is 5.46. The maximum atomic E-state index is 12.5. The van der Waals surface area contributed by atoms with Gasteiger partial charge in [0.05, 0.1) is 5.56 Å². The first-order chi connectivity index (χ1) is 9.36. The average Bonchev–Trinajstić information content (AvgIpc) is 2.38. The monoisotopic (exact) mass is 300 g/mol. The second kappa shape index (κ2) is 5.50. The van der Waals surface area contributed by atoms with Crippen LogP contribution in [0.5, 0.6) is 0 Å². The Kier molecular flexibility index (Phi) is 3.94. The average molecular weight is 301 g/mol. The molecule has 7 heteroatoms. The summed E-state index contributed by atoms with van der Waals surface area (Å²) in [5.41, 5.74) is -0.995. The number of hydrogen-bond acceptors (Lipinski definition) is 2. The summed E-state index contributed by atoms with van der Waals surface area (Å²) in [4.78, 5) is 15.7. The molecule has 2 rings (SSSR count). The molecule has 0 aliphatic carbocycles. The number of halogens is 4. The third-order valence-corrected chi connectivity index (χ3v) is 2.65. The van der Waals surface area contributed by atoms with E-state index < -0.39 is 17.6 Å². The minimum Gasteiger partial charge on any atom is -0.307 e. The number of pyridine rings is 1. The van der Waals surface area contributed by atoms with Crippen molar-refractivity contribution in [2.75, 3.05) is 5.32 Å². The molecule has 0 atom stereocenters. The molecule has 0 aliphatic heterocycles. The van der Waals surface area contributed by atoms with Gasteiger partial charge in [0.15, 0.2) is 0 Å². The molecule has 0 saturated heterocycles. The van der Waals surface area contributed by atoms with Crippen molar-refractivity contribution in [1.82, 2.24) is 4.98 Å². The lowest BCUT2D eigenvalue weighted by Gasteiger charge is -2.09. The quantitative estimate of drug-likeness (QED) is 0.910. The Morgan fingerprint density at radius 3 is 2.60 bits per heavy atom. The Morgan fingerprint density at radius 1 is 1.20 bits per heavy atom. The number of carbonyl (C=O) groups excluding carboxylic acids is 1. The predicted molar refractivity (Wildman–Crippen MR) is 68.6 cm³/mol. The van der Waals surface area contributed by atoms with Gasteiger partial charge in [0.25, 0.3) is 5.91 Å². The number of hydrogen-bond donors (Lipinski definition) is 1. The van der Waals surface area contributed by atoms with Gasteiger partial charge in [-0.1, -0.05) is 17.7 Å². The Labute approximate surface area is 117 Å². The van der Waals surface area contributed by atoms with E-state index in [1.54, 1.807) is 0 Å². The van der Waals surface area contributed by atoms with Gasteiger partial charge in [-0.3, -0.25) is 4.79 Å². The van der Waals surface area contributed by atoms with Gasteiger partial charge in [-0.05, 0) is 30.3 Å². The molecular formula is C13H8ClF3N2O. The number of amides is 1. The third kappa shape index (κ3) is 3.48. The van der Waals surface area contributed by atoms with Crippen LogP contribution in [0.25, 0.3) is 0 Å². The summed E-state index contributed by atoms with van der Waals surface area (Å²) in [5.74, 6) is -0.522.